The highest BCUT2D eigenvalue weighted by Crippen LogP contribution is 2.38. The van der Waals surface area contributed by atoms with Crippen LogP contribution in [0.25, 0.3) is 56.2 Å². The lowest BCUT2D eigenvalue weighted by Crippen LogP contribution is -2.09. The van der Waals surface area contributed by atoms with E-state index >= 15 is 0 Å². The maximum absolute atomic E-state index is 3.60. The topological polar surface area (TPSA) is 34.8 Å². The van der Waals surface area contributed by atoms with Gasteiger partial charge >= 0.3 is 0 Å². The molecule has 0 spiro atoms. The summed E-state index contributed by atoms with van der Waals surface area (Å²) in [6.45, 7) is 0. The third-order valence-corrected chi connectivity index (χ3v) is 8.65. The second-order valence-electron chi connectivity index (χ2n) is 11.6. The third-order valence-electron chi connectivity index (χ3n) is 8.65. The standard InChI is InChI=1S/C44H33N3/c1-4-10-32(11-5-1)33-16-22-38(23-17-33)47(39-24-18-36(19-25-39)43-30-28-41(45-43)34-12-6-2-7-13-34)40-26-20-37(21-27-40)44-31-29-42(46-44)35-14-8-3-9-15-35/h1-31,45-46H. The van der Waals surface area contributed by atoms with Gasteiger partial charge in [0.1, 0.15) is 0 Å². The number of aromatic amines is 2. The molecule has 0 fully saturated rings. The number of anilines is 3. The molecule has 0 aliphatic rings. The maximum atomic E-state index is 3.60. The Morgan fingerprint density at radius 3 is 0.830 bits per heavy atom. The third kappa shape index (κ3) is 5.90. The number of nitrogens with zero attached hydrogens (tertiary/aromatic N) is 1. The predicted octanol–water partition coefficient (Wildman–Crippen LogP) is 12.1. The summed E-state index contributed by atoms with van der Waals surface area (Å²) < 4.78 is 0. The average molecular weight is 604 g/mol. The van der Waals surface area contributed by atoms with Crippen LogP contribution in [0, 0.1) is 0 Å². The fraction of sp³-hybridized carbons (Fsp3) is 0. The Morgan fingerprint density at radius 1 is 0.234 bits per heavy atom. The van der Waals surface area contributed by atoms with Crippen molar-refractivity contribution >= 4 is 17.1 Å². The zero-order chi connectivity index (χ0) is 31.4. The van der Waals surface area contributed by atoms with Gasteiger partial charge in [-0.1, -0.05) is 127 Å². The molecular weight excluding hydrogens is 571 g/mol. The Bertz CT molecular complexity index is 2070. The Hall–Kier alpha value is -6.32. The van der Waals surface area contributed by atoms with Crippen LogP contribution in [0.5, 0.6) is 0 Å². The van der Waals surface area contributed by atoms with Crippen molar-refractivity contribution in [1.82, 2.24) is 9.97 Å². The van der Waals surface area contributed by atoms with Crippen LogP contribution in [-0.2, 0) is 0 Å². The molecule has 0 radical (unpaired) electrons. The summed E-state index contributed by atoms with van der Waals surface area (Å²) in [5, 5.41) is 0. The van der Waals surface area contributed by atoms with E-state index in [4.69, 9.17) is 0 Å². The van der Waals surface area contributed by atoms with E-state index in [-0.39, 0.29) is 0 Å². The van der Waals surface area contributed by atoms with Crippen LogP contribution in [0.2, 0.25) is 0 Å². The van der Waals surface area contributed by atoms with Crippen molar-refractivity contribution in [1.29, 1.82) is 0 Å². The van der Waals surface area contributed by atoms with Gasteiger partial charge in [-0.05, 0) is 94.0 Å². The second-order valence-corrected chi connectivity index (χ2v) is 11.6. The SMILES string of the molecule is c1ccc(-c2ccc(N(c3ccc(-c4ccc(-c5ccccc5)[nH]4)cc3)c3ccc(-c4ccc(-c5ccccc5)[nH]4)cc3)cc2)cc1. The molecule has 2 N–H and O–H groups in total. The van der Waals surface area contributed by atoms with Gasteiger partial charge in [-0.15, -0.1) is 0 Å². The summed E-state index contributed by atoms with van der Waals surface area (Å²) in [5.74, 6) is 0. The van der Waals surface area contributed by atoms with E-state index in [1.165, 1.54) is 22.3 Å². The normalized spacial score (nSPS) is 11.0. The number of aromatic nitrogens is 2. The molecule has 0 saturated carbocycles. The van der Waals surface area contributed by atoms with Crippen molar-refractivity contribution < 1.29 is 0 Å². The lowest BCUT2D eigenvalue weighted by molar-refractivity contribution is 1.28. The number of benzene rings is 6. The number of hydrogen-bond donors (Lipinski definition) is 2. The molecule has 2 aromatic heterocycles. The highest BCUT2D eigenvalue weighted by molar-refractivity contribution is 5.81. The quantitative estimate of drug-likeness (QED) is 0.178. The first-order chi connectivity index (χ1) is 23.3. The largest absolute Gasteiger partial charge is 0.355 e. The minimum absolute atomic E-state index is 1.09. The first-order valence-corrected chi connectivity index (χ1v) is 15.9. The Labute approximate surface area is 275 Å². The van der Waals surface area contributed by atoms with Crippen molar-refractivity contribution in [2.24, 2.45) is 0 Å². The van der Waals surface area contributed by atoms with Crippen molar-refractivity contribution in [2.45, 2.75) is 0 Å². The first-order valence-electron chi connectivity index (χ1n) is 15.9. The average Bonchev–Trinajstić information content (AvgIpc) is 3.86. The van der Waals surface area contributed by atoms with Gasteiger partial charge in [0.15, 0.2) is 0 Å². The van der Waals surface area contributed by atoms with Gasteiger partial charge in [0.05, 0.1) is 0 Å². The van der Waals surface area contributed by atoms with E-state index in [0.717, 1.165) is 51.0 Å². The molecule has 8 aromatic rings. The van der Waals surface area contributed by atoms with Crippen LogP contribution < -0.4 is 4.90 Å². The van der Waals surface area contributed by atoms with Crippen molar-refractivity contribution in [2.75, 3.05) is 4.90 Å². The Balaban J connectivity index is 1.12. The van der Waals surface area contributed by atoms with E-state index in [2.05, 4.69) is 191 Å². The maximum Gasteiger partial charge on any atom is 0.0462 e. The van der Waals surface area contributed by atoms with E-state index in [0.29, 0.717) is 0 Å². The van der Waals surface area contributed by atoms with E-state index in [1.807, 2.05) is 12.1 Å². The Morgan fingerprint density at radius 2 is 0.489 bits per heavy atom. The molecule has 47 heavy (non-hydrogen) atoms. The lowest BCUT2D eigenvalue weighted by Gasteiger charge is -2.26. The zero-order valence-electron chi connectivity index (χ0n) is 25.8. The number of hydrogen-bond acceptors (Lipinski definition) is 1. The van der Waals surface area contributed by atoms with Crippen LogP contribution in [-0.4, -0.2) is 9.97 Å². The molecule has 0 unspecified atom stereocenters. The number of rotatable bonds is 8. The number of nitrogens with one attached hydrogen (secondary N) is 2. The molecule has 0 atom stereocenters. The van der Waals surface area contributed by atoms with Gasteiger partial charge in [0, 0.05) is 39.8 Å². The zero-order valence-corrected chi connectivity index (χ0v) is 25.8. The van der Waals surface area contributed by atoms with E-state index in [9.17, 15) is 0 Å². The minimum Gasteiger partial charge on any atom is -0.355 e. The summed E-state index contributed by atoms with van der Waals surface area (Å²) in [6.07, 6.45) is 0. The van der Waals surface area contributed by atoms with Crippen molar-refractivity contribution in [3.63, 3.8) is 0 Å². The van der Waals surface area contributed by atoms with Crippen LogP contribution in [0.15, 0.2) is 188 Å². The highest BCUT2D eigenvalue weighted by Gasteiger charge is 2.15. The molecule has 8 rings (SSSR count). The summed E-state index contributed by atoms with van der Waals surface area (Å²) >= 11 is 0. The van der Waals surface area contributed by atoms with Crippen molar-refractivity contribution in [3.05, 3.63) is 188 Å². The van der Waals surface area contributed by atoms with Crippen LogP contribution in [0.4, 0.5) is 17.1 Å². The van der Waals surface area contributed by atoms with Crippen LogP contribution >= 0.6 is 0 Å². The van der Waals surface area contributed by atoms with Gasteiger partial charge in [-0.3, -0.25) is 0 Å². The molecule has 0 aliphatic carbocycles. The molecule has 0 aliphatic heterocycles. The summed E-state index contributed by atoms with van der Waals surface area (Å²) in [7, 11) is 0. The molecule has 0 saturated heterocycles. The summed E-state index contributed by atoms with van der Waals surface area (Å²) in [6, 6.07) is 66.4. The predicted molar refractivity (Wildman–Crippen MR) is 197 cm³/mol. The van der Waals surface area contributed by atoms with Crippen molar-refractivity contribution in [3.8, 4) is 56.2 Å². The van der Waals surface area contributed by atoms with Gasteiger partial charge in [-0.2, -0.15) is 0 Å². The second kappa shape index (κ2) is 12.6. The fourth-order valence-corrected chi connectivity index (χ4v) is 6.16. The molecule has 0 amide bonds. The van der Waals surface area contributed by atoms with Gasteiger partial charge < -0.3 is 14.9 Å². The number of H-pyrrole nitrogens is 2. The van der Waals surface area contributed by atoms with E-state index < -0.39 is 0 Å². The monoisotopic (exact) mass is 603 g/mol. The van der Waals surface area contributed by atoms with Gasteiger partial charge in [0.25, 0.3) is 0 Å². The summed E-state index contributed by atoms with van der Waals surface area (Å²) in [4.78, 5) is 9.51. The molecule has 224 valence electrons. The molecule has 3 nitrogen and oxygen atoms in total. The molecule has 3 heteroatoms. The van der Waals surface area contributed by atoms with Gasteiger partial charge in [-0.25, -0.2) is 0 Å². The highest BCUT2D eigenvalue weighted by atomic mass is 15.1. The lowest BCUT2D eigenvalue weighted by atomic mass is 10.0. The fourth-order valence-electron chi connectivity index (χ4n) is 6.16. The molecule has 6 aromatic carbocycles. The molecule has 2 heterocycles. The molecular formula is C44H33N3. The minimum atomic E-state index is 1.09. The van der Waals surface area contributed by atoms with Gasteiger partial charge in [0.2, 0.25) is 0 Å². The summed E-state index contributed by atoms with van der Waals surface area (Å²) in [5.41, 5.74) is 14.8. The molecule has 0 bridgehead atoms. The Kier molecular flexibility index (Phi) is 7.54. The smallest absolute Gasteiger partial charge is 0.0462 e. The first kappa shape index (κ1) is 28.2. The van der Waals surface area contributed by atoms with E-state index in [1.54, 1.807) is 0 Å². The van der Waals surface area contributed by atoms with Crippen LogP contribution in [0.3, 0.4) is 0 Å². The van der Waals surface area contributed by atoms with Crippen LogP contribution in [0.1, 0.15) is 0 Å².